The van der Waals surface area contributed by atoms with E-state index in [4.69, 9.17) is 11.6 Å². The van der Waals surface area contributed by atoms with Gasteiger partial charge >= 0.3 is 0 Å². The lowest BCUT2D eigenvalue weighted by Crippen LogP contribution is -2.19. The van der Waals surface area contributed by atoms with Gasteiger partial charge in [0.1, 0.15) is 5.01 Å². The Bertz CT molecular complexity index is 752. The van der Waals surface area contributed by atoms with Crippen LogP contribution in [0, 0.1) is 6.92 Å². The first-order valence-corrected chi connectivity index (χ1v) is 7.96. The van der Waals surface area contributed by atoms with Crippen molar-refractivity contribution in [2.45, 2.75) is 6.92 Å². The normalized spacial score (nSPS) is 18.5. The van der Waals surface area contributed by atoms with Gasteiger partial charge in [-0.05, 0) is 42.5 Å². The maximum Gasteiger partial charge on any atom is 0.264 e. The Labute approximate surface area is 134 Å². The number of rotatable bonds is 2. The van der Waals surface area contributed by atoms with Crippen LogP contribution in [0.25, 0.3) is 6.08 Å². The number of carbonyl (C=O) groups is 1. The number of nitrogens with zero attached hydrogens (tertiary/aromatic N) is 3. The van der Waals surface area contributed by atoms with E-state index >= 15 is 0 Å². The van der Waals surface area contributed by atoms with E-state index in [2.05, 4.69) is 20.5 Å². The van der Waals surface area contributed by atoms with Crippen molar-refractivity contribution < 1.29 is 4.79 Å². The monoisotopic (exact) mass is 336 g/mol. The number of amides is 1. The van der Waals surface area contributed by atoms with Crippen LogP contribution >= 0.6 is 34.7 Å². The van der Waals surface area contributed by atoms with Gasteiger partial charge in [0.2, 0.25) is 5.13 Å². The average molecular weight is 337 g/mol. The van der Waals surface area contributed by atoms with Crippen LogP contribution in [0.1, 0.15) is 10.6 Å². The number of thioether (sulfide) groups is 1. The highest BCUT2D eigenvalue weighted by Crippen LogP contribution is 2.29. The molecule has 2 aromatic rings. The Hall–Kier alpha value is -1.70. The van der Waals surface area contributed by atoms with Crippen LogP contribution in [0.15, 0.2) is 34.2 Å². The van der Waals surface area contributed by atoms with Gasteiger partial charge in [-0.15, -0.1) is 10.2 Å². The van der Waals surface area contributed by atoms with Gasteiger partial charge in [-0.25, -0.2) is 0 Å². The molecule has 0 spiro atoms. The summed E-state index contributed by atoms with van der Waals surface area (Å²) < 4.78 is 0. The summed E-state index contributed by atoms with van der Waals surface area (Å²) in [7, 11) is 0. The molecule has 1 aliphatic rings. The number of nitrogens with one attached hydrogen (secondary N) is 1. The van der Waals surface area contributed by atoms with E-state index in [0.29, 0.717) is 20.2 Å². The van der Waals surface area contributed by atoms with E-state index in [-0.39, 0.29) is 5.91 Å². The van der Waals surface area contributed by atoms with Crippen molar-refractivity contribution in [3.05, 3.63) is 44.8 Å². The SMILES string of the molecule is Cc1nnc(N=C2NC(=O)/C(=C/c3ccc(Cl)cc3)S2)s1. The highest BCUT2D eigenvalue weighted by atomic mass is 35.5. The number of aromatic nitrogens is 2. The highest BCUT2D eigenvalue weighted by molar-refractivity contribution is 8.18. The van der Waals surface area contributed by atoms with Crippen LogP contribution in [0.5, 0.6) is 0 Å². The Balaban J connectivity index is 1.81. The van der Waals surface area contributed by atoms with E-state index < -0.39 is 0 Å². The number of aryl methyl sites for hydroxylation is 1. The molecule has 2 heterocycles. The van der Waals surface area contributed by atoms with E-state index in [1.54, 1.807) is 18.2 Å². The number of hydrogen-bond donors (Lipinski definition) is 1. The first kappa shape index (κ1) is 14.2. The fraction of sp³-hybridized carbons (Fsp3) is 0.0769. The van der Waals surface area contributed by atoms with Crippen molar-refractivity contribution in [1.29, 1.82) is 0 Å². The van der Waals surface area contributed by atoms with Crippen LogP contribution in [0.2, 0.25) is 5.02 Å². The van der Waals surface area contributed by atoms with Gasteiger partial charge in [-0.1, -0.05) is 35.1 Å². The molecule has 0 aliphatic carbocycles. The molecule has 106 valence electrons. The second kappa shape index (κ2) is 5.97. The molecule has 21 heavy (non-hydrogen) atoms. The lowest BCUT2D eigenvalue weighted by Gasteiger charge is -1.94. The minimum absolute atomic E-state index is 0.171. The third-order valence-corrected chi connectivity index (χ3v) is 4.43. The Morgan fingerprint density at radius 1 is 1.29 bits per heavy atom. The summed E-state index contributed by atoms with van der Waals surface area (Å²) in [6.07, 6.45) is 1.80. The van der Waals surface area contributed by atoms with Crippen molar-refractivity contribution >= 4 is 57.0 Å². The Morgan fingerprint density at radius 3 is 2.71 bits per heavy atom. The molecule has 1 aromatic carbocycles. The molecule has 5 nitrogen and oxygen atoms in total. The predicted octanol–water partition coefficient (Wildman–Crippen LogP) is 3.39. The van der Waals surface area contributed by atoms with Crippen molar-refractivity contribution in [1.82, 2.24) is 15.5 Å². The standard InChI is InChI=1S/C13H9ClN4OS2/c1-7-17-18-13(20-7)16-12-15-11(19)10(21-12)6-8-2-4-9(14)5-3-8/h2-6H,1H3,(H,15,16,18,19)/b10-6-. The van der Waals surface area contributed by atoms with Gasteiger partial charge in [-0.3, -0.25) is 4.79 Å². The second-order valence-electron chi connectivity index (χ2n) is 4.14. The Morgan fingerprint density at radius 2 is 2.05 bits per heavy atom. The molecule has 0 saturated carbocycles. The van der Waals surface area contributed by atoms with Crippen LogP contribution in [0.3, 0.4) is 0 Å². The third-order valence-electron chi connectivity index (χ3n) is 2.53. The van der Waals surface area contributed by atoms with E-state index in [1.165, 1.54) is 23.1 Å². The molecule has 1 aliphatic heterocycles. The molecule has 0 unspecified atom stereocenters. The van der Waals surface area contributed by atoms with Crippen LogP contribution in [-0.2, 0) is 4.79 Å². The van der Waals surface area contributed by atoms with Crippen LogP contribution in [0.4, 0.5) is 5.13 Å². The minimum atomic E-state index is -0.171. The fourth-order valence-electron chi connectivity index (χ4n) is 1.61. The molecule has 0 atom stereocenters. The first-order valence-electron chi connectivity index (χ1n) is 5.95. The molecular formula is C13H9ClN4OS2. The molecule has 0 radical (unpaired) electrons. The third kappa shape index (κ3) is 3.49. The number of amidine groups is 1. The zero-order chi connectivity index (χ0) is 14.8. The molecule has 1 N–H and O–H groups in total. The van der Waals surface area contributed by atoms with Crippen LogP contribution < -0.4 is 5.32 Å². The van der Waals surface area contributed by atoms with Crippen molar-refractivity contribution in [2.75, 3.05) is 0 Å². The largest absolute Gasteiger partial charge is 0.300 e. The Kier molecular flexibility index (Phi) is 4.05. The number of aliphatic imine (C=N–C) groups is 1. The van der Waals surface area contributed by atoms with Gasteiger partial charge in [-0.2, -0.15) is 4.99 Å². The number of halogens is 1. The van der Waals surface area contributed by atoms with Crippen molar-refractivity contribution in [3.8, 4) is 0 Å². The van der Waals surface area contributed by atoms with E-state index in [9.17, 15) is 4.79 Å². The predicted molar refractivity (Wildman–Crippen MR) is 86.9 cm³/mol. The quantitative estimate of drug-likeness (QED) is 0.853. The van der Waals surface area contributed by atoms with Crippen molar-refractivity contribution in [2.24, 2.45) is 4.99 Å². The summed E-state index contributed by atoms with van der Waals surface area (Å²) in [6, 6.07) is 7.27. The number of benzene rings is 1. The first-order chi connectivity index (χ1) is 10.1. The van der Waals surface area contributed by atoms with Crippen molar-refractivity contribution in [3.63, 3.8) is 0 Å². The summed E-state index contributed by atoms with van der Waals surface area (Å²) >= 11 is 8.49. The zero-order valence-corrected chi connectivity index (χ0v) is 13.2. The minimum Gasteiger partial charge on any atom is -0.300 e. The van der Waals surface area contributed by atoms with Gasteiger partial charge in [0.25, 0.3) is 5.91 Å². The summed E-state index contributed by atoms with van der Waals surface area (Å²) in [5, 5.41) is 13.0. The summed E-state index contributed by atoms with van der Waals surface area (Å²) in [6.45, 7) is 1.85. The molecular weight excluding hydrogens is 328 g/mol. The zero-order valence-electron chi connectivity index (χ0n) is 10.8. The molecule has 1 aromatic heterocycles. The molecule has 8 heteroatoms. The summed E-state index contributed by atoms with van der Waals surface area (Å²) in [4.78, 5) is 16.8. The summed E-state index contributed by atoms with van der Waals surface area (Å²) in [5.41, 5.74) is 0.907. The highest BCUT2D eigenvalue weighted by Gasteiger charge is 2.24. The topological polar surface area (TPSA) is 67.2 Å². The number of hydrogen-bond acceptors (Lipinski definition) is 6. The van der Waals surface area contributed by atoms with Gasteiger partial charge in [0.05, 0.1) is 4.91 Å². The maximum absolute atomic E-state index is 11.9. The molecule has 1 fully saturated rings. The molecule has 1 saturated heterocycles. The lowest BCUT2D eigenvalue weighted by molar-refractivity contribution is -0.115. The smallest absolute Gasteiger partial charge is 0.264 e. The maximum atomic E-state index is 11.9. The molecule has 3 rings (SSSR count). The van der Waals surface area contributed by atoms with Gasteiger partial charge in [0, 0.05) is 5.02 Å². The summed E-state index contributed by atoms with van der Waals surface area (Å²) in [5.74, 6) is -0.171. The fourth-order valence-corrected chi connectivity index (χ4v) is 3.18. The second-order valence-corrected chi connectivity index (χ2v) is 6.76. The molecule has 1 amide bonds. The van der Waals surface area contributed by atoms with Gasteiger partial charge < -0.3 is 5.32 Å². The number of carbonyl (C=O) groups excluding carboxylic acids is 1. The van der Waals surface area contributed by atoms with Gasteiger partial charge in [0.15, 0.2) is 5.17 Å². The average Bonchev–Trinajstić information content (AvgIpc) is 2.99. The van der Waals surface area contributed by atoms with Crippen LogP contribution in [-0.4, -0.2) is 21.3 Å². The lowest BCUT2D eigenvalue weighted by atomic mass is 10.2. The van der Waals surface area contributed by atoms with E-state index in [0.717, 1.165) is 10.6 Å². The van der Waals surface area contributed by atoms with E-state index in [1.807, 2.05) is 19.1 Å². The molecule has 0 bridgehead atoms.